The van der Waals surface area contributed by atoms with Crippen LogP contribution in [0.1, 0.15) is 33.6 Å². The summed E-state index contributed by atoms with van der Waals surface area (Å²) < 4.78 is 110. The molecule has 0 bridgehead atoms. The van der Waals surface area contributed by atoms with Crippen molar-refractivity contribution in [2.75, 3.05) is 0 Å². The van der Waals surface area contributed by atoms with Crippen molar-refractivity contribution in [1.29, 1.82) is 21.0 Å². The van der Waals surface area contributed by atoms with Crippen molar-refractivity contribution in [2.45, 2.75) is 12.4 Å². The molecule has 2 aliphatic rings. The Balaban J connectivity index is 1.45. The van der Waals surface area contributed by atoms with E-state index in [0.29, 0.717) is 12.1 Å². The summed E-state index contributed by atoms with van der Waals surface area (Å²) in [4.78, 5) is 9.44. The van der Waals surface area contributed by atoms with Crippen LogP contribution < -0.4 is 0 Å². The van der Waals surface area contributed by atoms with Crippen molar-refractivity contribution < 1.29 is 35.1 Å². The number of benzene rings is 4. The second-order valence-electron chi connectivity index (χ2n) is 11.5. The zero-order valence-electron chi connectivity index (χ0n) is 25.6. The lowest BCUT2D eigenvalue weighted by atomic mass is 9.95. The van der Waals surface area contributed by atoms with Crippen LogP contribution in [0.15, 0.2) is 83.9 Å². The number of halogens is 8. The van der Waals surface area contributed by atoms with Gasteiger partial charge < -0.3 is 0 Å². The Bertz CT molecular complexity index is 2460. The van der Waals surface area contributed by atoms with Crippen LogP contribution in [-0.4, -0.2) is 9.97 Å². The van der Waals surface area contributed by atoms with Gasteiger partial charge in [0.2, 0.25) is 0 Å². The third-order valence-corrected chi connectivity index (χ3v) is 8.52. The molecule has 14 heteroatoms. The summed E-state index contributed by atoms with van der Waals surface area (Å²) in [5, 5.41) is 39.7. The predicted molar refractivity (Wildman–Crippen MR) is 168 cm³/mol. The summed E-state index contributed by atoms with van der Waals surface area (Å²) in [6, 6.07) is 19.5. The van der Waals surface area contributed by atoms with Gasteiger partial charge in [-0.1, -0.05) is 24.3 Å². The Labute approximate surface area is 287 Å². The smallest absolute Gasteiger partial charge is 0.243 e. The second-order valence-corrected chi connectivity index (χ2v) is 11.5. The van der Waals surface area contributed by atoms with Gasteiger partial charge in [0.25, 0.3) is 0 Å². The molecule has 52 heavy (non-hydrogen) atoms. The summed E-state index contributed by atoms with van der Waals surface area (Å²) in [6.45, 7) is 0. The molecule has 0 atom stereocenters. The molecule has 5 aromatic rings. The fourth-order valence-electron chi connectivity index (χ4n) is 6.31. The van der Waals surface area contributed by atoms with Crippen LogP contribution in [-0.2, 0) is 12.4 Å². The van der Waals surface area contributed by atoms with Crippen LogP contribution in [0.25, 0.3) is 55.9 Å². The predicted octanol–water partition coefficient (Wildman–Crippen LogP) is 9.79. The highest BCUT2D eigenvalue weighted by atomic mass is 19.4. The lowest BCUT2D eigenvalue weighted by molar-refractivity contribution is -0.138. The molecular formula is C38H12F8N6. The van der Waals surface area contributed by atoms with E-state index in [-0.39, 0.29) is 78.4 Å². The number of hydrogen-bond donors (Lipinski definition) is 0. The van der Waals surface area contributed by atoms with E-state index in [1.165, 1.54) is 36.4 Å². The molecule has 0 amide bonds. The molecule has 0 unspecified atom stereocenters. The van der Waals surface area contributed by atoms with Gasteiger partial charge in [0.1, 0.15) is 58.4 Å². The molecule has 7 rings (SSSR count). The first kappa shape index (κ1) is 33.3. The van der Waals surface area contributed by atoms with Crippen LogP contribution >= 0.6 is 0 Å². The Morgan fingerprint density at radius 2 is 0.808 bits per heavy atom. The molecule has 1 heterocycles. The number of fused-ring (bicyclic) bond motifs is 6. The molecule has 2 aliphatic carbocycles. The Morgan fingerprint density at radius 3 is 1.13 bits per heavy atom. The van der Waals surface area contributed by atoms with Crippen molar-refractivity contribution >= 4 is 11.1 Å². The molecule has 0 spiro atoms. The van der Waals surface area contributed by atoms with Crippen molar-refractivity contribution in [1.82, 2.24) is 9.97 Å². The minimum atomic E-state index is -4.85. The van der Waals surface area contributed by atoms with Crippen molar-refractivity contribution in [3.05, 3.63) is 129 Å². The van der Waals surface area contributed by atoms with Crippen LogP contribution in [0.3, 0.4) is 0 Å². The Morgan fingerprint density at radius 1 is 0.442 bits per heavy atom. The Hall–Kier alpha value is -7.16. The van der Waals surface area contributed by atoms with E-state index in [1.807, 2.05) is 0 Å². The molecule has 0 fully saturated rings. The van der Waals surface area contributed by atoms with Gasteiger partial charge in [-0.05, 0) is 81.9 Å². The quantitative estimate of drug-likeness (QED) is 0.131. The van der Waals surface area contributed by atoms with E-state index in [1.54, 1.807) is 24.3 Å². The van der Waals surface area contributed by atoms with Gasteiger partial charge in [-0.2, -0.15) is 47.4 Å². The SMILES string of the molecule is N#CC(C#N)=C1c2cc(-c3cc(F)cc(C(F)(F)F)c3)ccc2-c2nc3c(nc21)-c1ccc(-c2cc(F)cc(C(F)(F)F)c2)cc1C3=C(C#N)C#N. The third kappa shape index (κ3) is 5.31. The summed E-state index contributed by atoms with van der Waals surface area (Å²) in [6.07, 6.45) is -9.70. The molecular weight excluding hydrogens is 692 g/mol. The van der Waals surface area contributed by atoms with E-state index >= 15 is 0 Å². The van der Waals surface area contributed by atoms with Crippen molar-refractivity contribution in [3.8, 4) is 69.0 Å². The van der Waals surface area contributed by atoms with E-state index in [9.17, 15) is 56.2 Å². The zero-order chi connectivity index (χ0) is 37.3. The average Bonchev–Trinajstić information content (AvgIpc) is 3.58. The van der Waals surface area contributed by atoms with Gasteiger partial charge in [-0.15, -0.1) is 0 Å². The van der Waals surface area contributed by atoms with E-state index in [4.69, 9.17) is 9.97 Å². The maximum absolute atomic E-state index is 14.3. The molecule has 0 saturated heterocycles. The van der Waals surface area contributed by atoms with Crippen LogP contribution in [0, 0.1) is 57.0 Å². The van der Waals surface area contributed by atoms with Crippen LogP contribution in [0.2, 0.25) is 0 Å². The highest BCUT2D eigenvalue weighted by Crippen LogP contribution is 2.51. The molecule has 6 nitrogen and oxygen atoms in total. The molecule has 0 radical (unpaired) electrons. The van der Waals surface area contributed by atoms with Crippen molar-refractivity contribution in [2.24, 2.45) is 0 Å². The lowest BCUT2D eigenvalue weighted by Gasteiger charge is -2.11. The zero-order valence-corrected chi connectivity index (χ0v) is 25.6. The minimum Gasteiger partial charge on any atom is -0.243 e. The standard InChI is InChI=1S/C38H12F8N6/c39-25-7-19(5-23(11-25)37(41,42)43)17-1-3-27-29(9-17)31(21(13-47)14-48)35-33(27)51-36-32(22(15-49)16-50)30-10-18(2-4-28(30)34(36)52-35)20-6-24(38(44,45)46)12-26(40)8-20/h1-12H. The number of rotatable bonds is 2. The molecule has 0 saturated carbocycles. The van der Waals surface area contributed by atoms with Gasteiger partial charge in [0, 0.05) is 22.3 Å². The number of aromatic nitrogens is 2. The fraction of sp³-hybridized carbons (Fsp3) is 0.0526. The van der Waals surface area contributed by atoms with Gasteiger partial charge in [-0.25, -0.2) is 18.7 Å². The van der Waals surface area contributed by atoms with Crippen LogP contribution in [0.5, 0.6) is 0 Å². The maximum Gasteiger partial charge on any atom is 0.416 e. The van der Waals surface area contributed by atoms with Crippen molar-refractivity contribution in [3.63, 3.8) is 0 Å². The fourth-order valence-corrected chi connectivity index (χ4v) is 6.31. The average molecular weight is 705 g/mol. The number of hydrogen-bond acceptors (Lipinski definition) is 6. The third-order valence-electron chi connectivity index (χ3n) is 8.52. The Kier molecular flexibility index (Phi) is 7.52. The van der Waals surface area contributed by atoms with Gasteiger partial charge in [0.05, 0.1) is 22.5 Å². The summed E-state index contributed by atoms with van der Waals surface area (Å²) in [7, 11) is 0. The van der Waals surface area contributed by atoms with Gasteiger partial charge in [0.15, 0.2) is 0 Å². The highest BCUT2D eigenvalue weighted by molar-refractivity contribution is 6.07. The second kappa shape index (κ2) is 11.7. The monoisotopic (exact) mass is 704 g/mol. The maximum atomic E-state index is 14.3. The topological polar surface area (TPSA) is 121 Å². The summed E-state index contributed by atoms with van der Waals surface area (Å²) in [5.41, 5.74) is -2.44. The number of allylic oxidation sites excluding steroid dienone is 2. The minimum absolute atomic E-state index is 0.00548. The summed E-state index contributed by atoms with van der Waals surface area (Å²) >= 11 is 0. The van der Waals surface area contributed by atoms with E-state index in [2.05, 4.69) is 0 Å². The number of alkyl halides is 6. The first-order valence-corrected chi connectivity index (χ1v) is 14.7. The molecule has 250 valence electrons. The number of nitrogens with zero attached hydrogens (tertiary/aromatic N) is 6. The molecule has 0 N–H and O–H groups in total. The van der Waals surface area contributed by atoms with Crippen LogP contribution in [0.4, 0.5) is 35.1 Å². The molecule has 4 aromatic carbocycles. The first-order valence-electron chi connectivity index (χ1n) is 14.7. The summed E-state index contributed by atoms with van der Waals surface area (Å²) in [5.74, 6) is -2.30. The van der Waals surface area contributed by atoms with Gasteiger partial charge in [-0.3, -0.25) is 0 Å². The van der Waals surface area contributed by atoms with Gasteiger partial charge >= 0.3 is 12.4 Å². The number of nitriles is 4. The first-order chi connectivity index (χ1) is 24.7. The lowest BCUT2D eigenvalue weighted by Crippen LogP contribution is -2.05. The van der Waals surface area contributed by atoms with E-state index in [0.717, 1.165) is 24.3 Å². The normalized spacial score (nSPS) is 12.5. The molecule has 1 aromatic heterocycles. The largest absolute Gasteiger partial charge is 0.416 e. The highest BCUT2D eigenvalue weighted by Gasteiger charge is 2.38. The molecule has 0 aliphatic heterocycles. The van der Waals surface area contributed by atoms with E-state index < -0.39 is 46.3 Å².